The van der Waals surface area contributed by atoms with Gasteiger partial charge in [-0.15, -0.1) is 10.2 Å². The Morgan fingerprint density at radius 1 is 1.03 bits per heavy atom. The van der Waals surface area contributed by atoms with E-state index in [2.05, 4.69) is 14.8 Å². The molecule has 0 N–H and O–H groups in total. The largest absolute Gasteiger partial charge is 0.497 e. The molecule has 0 bridgehead atoms. The van der Waals surface area contributed by atoms with Crippen molar-refractivity contribution in [2.45, 2.75) is 19.0 Å². The Bertz CT molecular complexity index is 1240. The number of ketones is 1. The number of carbonyl (C=O) groups excluding carboxylic acids is 1. The van der Waals surface area contributed by atoms with Crippen LogP contribution < -0.4 is 9.47 Å². The molecule has 0 saturated carbocycles. The van der Waals surface area contributed by atoms with Crippen LogP contribution in [0.5, 0.6) is 11.5 Å². The molecule has 0 aliphatic carbocycles. The maximum atomic E-state index is 13.1. The van der Waals surface area contributed by atoms with E-state index in [1.165, 1.54) is 11.8 Å². The Morgan fingerprint density at radius 3 is 2.50 bits per heavy atom. The number of thioether (sulfide) groups is 1. The lowest BCUT2D eigenvalue weighted by Crippen LogP contribution is -2.07. The summed E-state index contributed by atoms with van der Waals surface area (Å²) in [6, 6.07) is 17.4. The zero-order valence-electron chi connectivity index (χ0n) is 18.4. The normalized spacial score (nSPS) is 10.9. The molecule has 2 heterocycles. The maximum Gasteiger partial charge on any atom is 0.196 e. The molecule has 0 spiro atoms. The summed E-state index contributed by atoms with van der Waals surface area (Å²) in [6.07, 6.45) is 1.63. The summed E-state index contributed by atoms with van der Waals surface area (Å²) in [5, 5.41) is 8.85. The van der Waals surface area contributed by atoms with Crippen LogP contribution in [0.3, 0.4) is 0 Å². The first kappa shape index (κ1) is 21.7. The minimum atomic E-state index is 0.0393. The molecule has 164 valence electrons. The third kappa shape index (κ3) is 4.13. The van der Waals surface area contributed by atoms with Crippen LogP contribution >= 0.6 is 11.8 Å². The van der Waals surface area contributed by atoms with E-state index < -0.39 is 0 Å². The molecular formula is C24H24N4O3S. The van der Waals surface area contributed by atoms with Gasteiger partial charge in [0.25, 0.3) is 0 Å². The van der Waals surface area contributed by atoms with Gasteiger partial charge in [-0.3, -0.25) is 9.36 Å². The van der Waals surface area contributed by atoms with Crippen LogP contribution in [0.25, 0.3) is 11.4 Å². The molecule has 0 radical (unpaired) electrons. The van der Waals surface area contributed by atoms with Crippen LogP contribution in [0.1, 0.15) is 21.7 Å². The number of methoxy groups -OCH3 is 2. The van der Waals surface area contributed by atoms with E-state index in [-0.39, 0.29) is 11.5 Å². The average molecular weight is 449 g/mol. The van der Waals surface area contributed by atoms with Gasteiger partial charge in [-0.2, -0.15) is 0 Å². The fourth-order valence-electron chi connectivity index (χ4n) is 3.70. The van der Waals surface area contributed by atoms with Gasteiger partial charge in [0.2, 0.25) is 0 Å². The van der Waals surface area contributed by atoms with Gasteiger partial charge in [-0.05, 0) is 56.3 Å². The summed E-state index contributed by atoms with van der Waals surface area (Å²) in [5.74, 6) is 1.80. The zero-order chi connectivity index (χ0) is 22.7. The second kappa shape index (κ2) is 9.32. The minimum Gasteiger partial charge on any atom is -0.497 e. The SMILES string of the molecule is COc1ccc(-n2c(C)cc(C(=O)CSc3nncn3-c3ccccc3OC)c2C)cc1. The van der Waals surface area contributed by atoms with Crippen molar-refractivity contribution in [1.82, 2.24) is 19.3 Å². The highest BCUT2D eigenvalue weighted by Gasteiger charge is 2.19. The highest BCUT2D eigenvalue weighted by atomic mass is 32.2. The third-order valence-corrected chi connectivity index (χ3v) is 6.20. The van der Waals surface area contributed by atoms with Crippen molar-refractivity contribution in [3.63, 3.8) is 0 Å². The number of aryl methyl sites for hydroxylation is 1. The van der Waals surface area contributed by atoms with E-state index in [0.29, 0.717) is 16.5 Å². The lowest BCUT2D eigenvalue weighted by atomic mass is 10.2. The quantitative estimate of drug-likeness (QED) is 0.288. The van der Waals surface area contributed by atoms with Crippen molar-refractivity contribution >= 4 is 17.5 Å². The monoisotopic (exact) mass is 448 g/mol. The van der Waals surface area contributed by atoms with Crippen molar-refractivity contribution in [1.29, 1.82) is 0 Å². The standard InChI is InChI=1S/C24H24N4O3S/c1-16-13-20(17(2)28(16)18-9-11-19(30-3)12-10-18)22(29)14-32-24-26-25-15-27(24)21-7-5-6-8-23(21)31-4/h5-13,15H,14H2,1-4H3. The second-order valence-corrected chi connectivity index (χ2v) is 8.13. The third-order valence-electron chi connectivity index (χ3n) is 5.26. The van der Waals surface area contributed by atoms with Crippen LogP contribution in [-0.4, -0.2) is 45.1 Å². The molecule has 0 atom stereocenters. The number of ether oxygens (including phenoxy) is 2. The number of Topliss-reactive ketones (excluding diaryl/α,β-unsaturated/α-hetero) is 1. The first-order chi connectivity index (χ1) is 15.5. The fraction of sp³-hybridized carbons (Fsp3) is 0.208. The van der Waals surface area contributed by atoms with E-state index >= 15 is 0 Å². The molecule has 8 heteroatoms. The zero-order valence-corrected chi connectivity index (χ0v) is 19.2. The Hall–Kier alpha value is -3.52. The van der Waals surface area contributed by atoms with Crippen molar-refractivity contribution in [3.05, 3.63) is 77.9 Å². The number of carbonyl (C=O) groups is 1. The Balaban J connectivity index is 1.54. The minimum absolute atomic E-state index is 0.0393. The lowest BCUT2D eigenvalue weighted by molar-refractivity contribution is 0.102. The molecule has 0 aliphatic rings. The van der Waals surface area contributed by atoms with Gasteiger partial charge in [0.05, 0.1) is 25.7 Å². The van der Waals surface area contributed by atoms with E-state index in [1.54, 1.807) is 20.5 Å². The Labute approximate surface area is 191 Å². The van der Waals surface area contributed by atoms with Crippen LogP contribution in [0, 0.1) is 13.8 Å². The smallest absolute Gasteiger partial charge is 0.196 e. The van der Waals surface area contributed by atoms with Crippen LogP contribution in [0.2, 0.25) is 0 Å². The number of benzene rings is 2. The second-order valence-electron chi connectivity index (χ2n) is 7.19. The molecule has 4 aromatic rings. The summed E-state index contributed by atoms with van der Waals surface area (Å²) >= 11 is 1.35. The van der Waals surface area contributed by atoms with Crippen molar-refractivity contribution < 1.29 is 14.3 Å². The van der Waals surface area contributed by atoms with Gasteiger partial charge < -0.3 is 14.0 Å². The Morgan fingerprint density at radius 2 is 1.78 bits per heavy atom. The summed E-state index contributed by atoms with van der Waals surface area (Å²) in [6.45, 7) is 3.96. The van der Waals surface area contributed by atoms with Crippen molar-refractivity contribution in [2.75, 3.05) is 20.0 Å². The first-order valence-corrected chi connectivity index (χ1v) is 11.0. The number of aromatic nitrogens is 4. The van der Waals surface area contributed by atoms with Crippen LogP contribution in [0.15, 0.2) is 66.1 Å². The molecule has 2 aromatic heterocycles. The summed E-state index contributed by atoms with van der Waals surface area (Å²) in [4.78, 5) is 13.1. The topological polar surface area (TPSA) is 71.2 Å². The van der Waals surface area contributed by atoms with Crippen LogP contribution in [-0.2, 0) is 0 Å². The number of hydrogen-bond acceptors (Lipinski definition) is 6. The van der Waals surface area contributed by atoms with Crippen LogP contribution in [0.4, 0.5) is 0 Å². The summed E-state index contributed by atoms with van der Waals surface area (Å²) < 4.78 is 14.6. The molecule has 32 heavy (non-hydrogen) atoms. The van der Waals surface area contributed by atoms with E-state index in [0.717, 1.165) is 28.5 Å². The molecule has 0 amide bonds. The molecular weight excluding hydrogens is 424 g/mol. The molecule has 4 rings (SSSR count). The molecule has 2 aromatic carbocycles. The predicted octanol–water partition coefficient (Wildman–Crippen LogP) is 4.67. The van der Waals surface area contributed by atoms with Gasteiger partial charge in [0.1, 0.15) is 17.8 Å². The van der Waals surface area contributed by atoms with E-state index in [1.807, 2.05) is 73.0 Å². The number of nitrogens with zero attached hydrogens (tertiary/aromatic N) is 4. The van der Waals surface area contributed by atoms with Crippen molar-refractivity contribution in [2.24, 2.45) is 0 Å². The predicted molar refractivity (Wildman–Crippen MR) is 125 cm³/mol. The molecule has 0 unspecified atom stereocenters. The molecule has 0 aliphatic heterocycles. The van der Waals surface area contributed by atoms with Gasteiger partial charge in [0, 0.05) is 22.6 Å². The first-order valence-electron chi connectivity index (χ1n) is 10.1. The molecule has 7 nitrogen and oxygen atoms in total. The highest BCUT2D eigenvalue weighted by molar-refractivity contribution is 7.99. The maximum absolute atomic E-state index is 13.1. The molecule has 0 fully saturated rings. The number of para-hydroxylation sites is 2. The van der Waals surface area contributed by atoms with E-state index in [4.69, 9.17) is 9.47 Å². The van der Waals surface area contributed by atoms with E-state index in [9.17, 15) is 4.79 Å². The number of rotatable bonds is 8. The summed E-state index contributed by atoms with van der Waals surface area (Å²) in [7, 11) is 3.27. The molecule has 0 saturated heterocycles. The fourth-order valence-corrected chi connectivity index (χ4v) is 4.50. The highest BCUT2D eigenvalue weighted by Crippen LogP contribution is 2.28. The summed E-state index contributed by atoms with van der Waals surface area (Å²) in [5.41, 5.74) is 4.42. The van der Waals surface area contributed by atoms with Gasteiger partial charge in [-0.25, -0.2) is 0 Å². The van der Waals surface area contributed by atoms with Crippen molar-refractivity contribution in [3.8, 4) is 22.9 Å². The van der Waals surface area contributed by atoms with Gasteiger partial charge in [-0.1, -0.05) is 23.9 Å². The van der Waals surface area contributed by atoms with Gasteiger partial charge in [0.15, 0.2) is 10.9 Å². The van der Waals surface area contributed by atoms with Gasteiger partial charge >= 0.3 is 0 Å². The Kier molecular flexibility index (Phi) is 6.32. The average Bonchev–Trinajstić information content (AvgIpc) is 3.41. The number of hydrogen-bond donors (Lipinski definition) is 0. The lowest BCUT2D eigenvalue weighted by Gasteiger charge is -2.11.